The van der Waals surface area contributed by atoms with E-state index in [1.807, 2.05) is 24.6 Å². The average Bonchev–Trinajstić information content (AvgIpc) is 3.48. The van der Waals surface area contributed by atoms with E-state index in [1.165, 1.54) is 16.3 Å². The molecule has 54 heavy (non-hydrogen) atoms. The van der Waals surface area contributed by atoms with Crippen LogP contribution in [0.4, 0.5) is 0 Å². The average molecular weight is 755 g/mol. The standard InChI is InChI=1S/C42H54N6O5S/c1-9-47-33-15-14-26-18-28(33)29(38(47)27-12-10-16-43-37(27)25(5)52-8)20-42(6,7)22-53-41(51)30-13-11-17-48(46-30)40(50)31(19-34-44-32(26)21-54-34)45-39(49)36-24(4)35(36)23(2)3/h10,12,14-16,18,21,23-25,30-31,35-36,46H,9,11,13,17,19-20,22H2,1-8H3,(H,45,49)/t24-,25-,30-,31-,35+,36-/m0/s1. The number of rotatable bonds is 7. The van der Waals surface area contributed by atoms with Gasteiger partial charge in [-0.2, -0.15) is 0 Å². The maximum Gasteiger partial charge on any atom is 0.324 e. The largest absolute Gasteiger partial charge is 0.464 e. The molecule has 4 aromatic rings. The van der Waals surface area contributed by atoms with Gasteiger partial charge in [-0.05, 0) is 80.7 Å². The smallest absolute Gasteiger partial charge is 0.324 e. The minimum atomic E-state index is -0.837. The molecule has 288 valence electrons. The number of fused-ring (bicyclic) bond motifs is 6. The first-order valence-electron chi connectivity index (χ1n) is 19.4. The van der Waals surface area contributed by atoms with E-state index in [-0.39, 0.29) is 48.8 Å². The third kappa shape index (κ3) is 7.32. The van der Waals surface area contributed by atoms with E-state index in [0.717, 1.165) is 56.2 Å². The van der Waals surface area contributed by atoms with Gasteiger partial charge in [0.25, 0.3) is 5.91 Å². The Labute approximate surface area is 322 Å². The topological polar surface area (TPSA) is 128 Å². The number of nitrogens with zero attached hydrogens (tertiary/aromatic N) is 4. The molecule has 1 aromatic carbocycles. The van der Waals surface area contributed by atoms with E-state index in [4.69, 9.17) is 19.4 Å². The molecule has 2 N–H and O–H groups in total. The van der Waals surface area contributed by atoms with E-state index in [9.17, 15) is 14.4 Å². The molecular weight excluding hydrogens is 701 g/mol. The van der Waals surface area contributed by atoms with Crippen LogP contribution in [0.3, 0.4) is 0 Å². The summed E-state index contributed by atoms with van der Waals surface area (Å²) < 4.78 is 14.2. The van der Waals surface area contributed by atoms with Crippen LogP contribution in [0.1, 0.15) is 83.7 Å². The number of aromatic nitrogens is 3. The molecule has 12 heteroatoms. The zero-order chi connectivity index (χ0) is 38.5. The van der Waals surface area contributed by atoms with E-state index in [2.05, 4.69) is 81.1 Å². The summed E-state index contributed by atoms with van der Waals surface area (Å²) in [5.74, 6) is 0.0455. The van der Waals surface area contributed by atoms with E-state index >= 15 is 0 Å². The van der Waals surface area contributed by atoms with Gasteiger partial charge >= 0.3 is 5.97 Å². The molecule has 11 nitrogen and oxygen atoms in total. The molecule has 3 aromatic heterocycles. The van der Waals surface area contributed by atoms with Crippen molar-refractivity contribution in [1.82, 2.24) is 30.3 Å². The summed E-state index contributed by atoms with van der Waals surface area (Å²) in [5, 5.41) is 8.52. The van der Waals surface area contributed by atoms with Crippen LogP contribution >= 0.6 is 11.3 Å². The number of benzene rings is 1. The van der Waals surface area contributed by atoms with Crippen LogP contribution in [-0.2, 0) is 43.2 Å². The van der Waals surface area contributed by atoms with Crippen molar-refractivity contribution in [2.45, 2.75) is 98.9 Å². The van der Waals surface area contributed by atoms with Gasteiger partial charge in [-0.3, -0.25) is 24.4 Å². The third-order valence-corrected chi connectivity index (χ3v) is 12.5. The number of pyridine rings is 1. The van der Waals surface area contributed by atoms with Gasteiger partial charge in [0.2, 0.25) is 5.91 Å². The molecule has 6 bridgehead atoms. The van der Waals surface area contributed by atoms with Gasteiger partial charge in [-0.1, -0.05) is 40.7 Å². The van der Waals surface area contributed by atoms with Crippen molar-refractivity contribution < 1.29 is 23.9 Å². The monoisotopic (exact) mass is 754 g/mol. The van der Waals surface area contributed by atoms with Crippen molar-refractivity contribution in [2.24, 2.45) is 29.1 Å². The summed E-state index contributed by atoms with van der Waals surface area (Å²) in [6, 6.07) is 9.05. The fraction of sp³-hybridized carbons (Fsp3) is 0.548. The zero-order valence-electron chi connectivity index (χ0n) is 32.8. The molecular formula is C42H54N6O5S. The lowest BCUT2D eigenvalue weighted by molar-refractivity contribution is -0.155. The summed E-state index contributed by atoms with van der Waals surface area (Å²) in [6.07, 6.45) is 3.64. The van der Waals surface area contributed by atoms with Gasteiger partial charge in [0.1, 0.15) is 12.1 Å². The molecule has 7 rings (SSSR count). The highest BCUT2D eigenvalue weighted by Crippen LogP contribution is 2.50. The zero-order valence-corrected chi connectivity index (χ0v) is 33.6. The van der Waals surface area contributed by atoms with E-state index in [0.29, 0.717) is 37.6 Å². The fourth-order valence-corrected chi connectivity index (χ4v) is 9.61. The Balaban J connectivity index is 1.33. The molecule has 2 aliphatic heterocycles. The number of amides is 2. The van der Waals surface area contributed by atoms with Gasteiger partial charge < -0.3 is 19.4 Å². The number of carbonyl (C=O) groups is 3. The second kappa shape index (κ2) is 15.2. The SMILES string of the molecule is CCn1c(-c2cccnc2[C@H](C)OC)c2c3cc(ccc31)-c1csc(n1)C[C@H](NC(=O)[C@H]1[C@@H](C)[C@H]1C(C)C)C(=O)N1CCC[C@H](N1)C(=O)OCC(C)(C)C2. The van der Waals surface area contributed by atoms with Crippen molar-refractivity contribution in [1.29, 1.82) is 0 Å². The van der Waals surface area contributed by atoms with Crippen LogP contribution < -0.4 is 10.7 Å². The highest BCUT2D eigenvalue weighted by Gasteiger charge is 2.53. The predicted octanol–water partition coefficient (Wildman–Crippen LogP) is 6.74. The van der Waals surface area contributed by atoms with Gasteiger partial charge in [0.05, 0.1) is 34.8 Å². The van der Waals surface area contributed by atoms with Crippen LogP contribution in [0.15, 0.2) is 41.9 Å². The predicted molar refractivity (Wildman–Crippen MR) is 210 cm³/mol. The highest BCUT2D eigenvalue weighted by molar-refractivity contribution is 7.10. The summed E-state index contributed by atoms with van der Waals surface area (Å²) in [6.45, 7) is 16.2. The molecule has 6 atom stereocenters. The number of carbonyl (C=O) groups excluding carboxylic acids is 3. The third-order valence-electron chi connectivity index (χ3n) is 11.7. The maximum atomic E-state index is 14.2. The number of hydrogen-bond acceptors (Lipinski definition) is 9. The maximum absolute atomic E-state index is 14.2. The first-order chi connectivity index (χ1) is 25.8. The van der Waals surface area contributed by atoms with Crippen molar-refractivity contribution in [3.63, 3.8) is 0 Å². The Bertz CT molecular complexity index is 2050. The number of aryl methyl sites for hydroxylation is 1. The lowest BCUT2D eigenvalue weighted by Crippen LogP contribution is -2.60. The lowest BCUT2D eigenvalue weighted by atomic mass is 9.84. The van der Waals surface area contributed by atoms with Gasteiger partial charge in [0, 0.05) is 71.6 Å². The van der Waals surface area contributed by atoms with Crippen molar-refractivity contribution in [3.05, 3.63) is 58.2 Å². The number of thiazole rings is 1. The molecule has 2 amide bonds. The molecule has 1 saturated heterocycles. The number of ether oxygens (including phenoxy) is 2. The fourth-order valence-electron chi connectivity index (χ4n) is 8.76. The normalized spacial score (nSPS) is 25.0. The molecule has 0 spiro atoms. The minimum absolute atomic E-state index is 0.0976. The molecule has 5 heterocycles. The molecule has 0 unspecified atom stereocenters. The summed E-state index contributed by atoms with van der Waals surface area (Å²) in [7, 11) is 1.70. The Morgan fingerprint density at radius 2 is 2.00 bits per heavy atom. The lowest BCUT2D eigenvalue weighted by Gasteiger charge is -2.35. The number of methoxy groups -OCH3 is 1. The second-order valence-corrected chi connectivity index (χ2v) is 17.4. The van der Waals surface area contributed by atoms with Crippen molar-refractivity contribution >= 4 is 40.0 Å². The van der Waals surface area contributed by atoms with Crippen molar-refractivity contribution in [3.8, 4) is 22.5 Å². The van der Waals surface area contributed by atoms with Crippen LogP contribution in [-0.4, -0.2) is 69.7 Å². The Morgan fingerprint density at radius 3 is 2.72 bits per heavy atom. The van der Waals surface area contributed by atoms with Crippen molar-refractivity contribution in [2.75, 3.05) is 20.3 Å². The number of nitrogens with one attached hydrogen (secondary N) is 2. The number of hydrogen-bond donors (Lipinski definition) is 2. The van der Waals surface area contributed by atoms with E-state index < -0.39 is 17.5 Å². The quantitative estimate of drug-likeness (QED) is 0.199. The van der Waals surface area contributed by atoms with Gasteiger partial charge in [-0.15, -0.1) is 11.3 Å². The highest BCUT2D eigenvalue weighted by atomic mass is 32.1. The van der Waals surface area contributed by atoms with Crippen LogP contribution in [0, 0.1) is 29.1 Å². The summed E-state index contributed by atoms with van der Waals surface area (Å²) in [4.78, 5) is 51.4. The molecule has 0 radical (unpaired) electrons. The number of cyclic esters (lactones) is 1. The van der Waals surface area contributed by atoms with E-state index in [1.54, 1.807) is 7.11 Å². The van der Waals surface area contributed by atoms with Gasteiger partial charge in [0.15, 0.2) is 0 Å². The van der Waals surface area contributed by atoms with Crippen LogP contribution in [0.2, 0.25) is 0 Å². The Kier molecular flexibility index (Phi) is 10.7. The Morgan fingerprint density at radius 1 is 1.20 bits per heavy atom. The summed E-state index contributed by atoms with van der Waals surface area (Å²) in [5.41, 5.74) is 9.70. The Hall–Kier alpha value is -4.13. The molecule has 1 saturated carbocycles. The number of esters is 1. The van der Waals surface area contributed by atoms with Crippen LogP contribution in [0.25, 0.3) is 33.4 Å². The minimum Gasteiger partial charge on any atom is -0.464 e. The first kappa shape index (κ1) is 38.2. The first-order valence-corrected chi connectivity index (χ1v) is 20.3. The van der Waals surface area contributed by atoms with Gasteiger partial charge in [-0.25, -0.2) is 10.4 Å². The molecule has 2 fully saturated rings. The summed E-state index contributed by atoms with van der Waals surface area (Å²) >= 11 is 1.49. The molecule has 1 aliphatic carbocycles. The van der Waals surface area contributed by atoms with Crippen LogP contribution in [0.5, 0.6) is 0 Å². The number of hydrazine groups is 1. The second-order valence-electron chi connectivity index (χ2n) is 16.5. The molecule has 3 aliphatic rings.